The minimum absolute atomic E-state index is 0.702. The van der Waals surface area contributed by atoms with Crippen LogP contribution in [0.25, 0.3) is 33.7 Å². The number of benzene rings is 3. The van der Waals surface area contributed by atoms with E-state index in [1.165, 1.54) is 11.1 Å². The number of aryl methyl sites for hydroxylation is 2. The van der Waals surface area contributed by atoms with Crippen LogP contribution in [0.3, 0.4) is 0 Å². The average Bonchev–Trinajstić information content (AvgIpc) is 3.08. The van der Waals surface area contributed by atoms with Gasteiger partial charge in [0.25, 0.3) is 0 Å². The lowest BCUT2D eigenvalue weighted by Gasteiger charge is -2.06. The van der Waals surface area contributed by atoms with Crippen molar-refractivity contribution in [3.63, 3.8) is 0 Å². The molecule has 4 rings (SSSR count). The molecule has 0 aliphatic rings. The molecule has 3 aromatic carbocycles. The molecule has 0 amide bonds. The largest absolute Gasteiger partial charge is 0.355 e. The van der Waals surface area contributed by atoms with Gasteiger partial charge in [-0.3, -0.25) is 0 Å². The number of hydrogen-bond acceptors (Lipinski definition) is 2. The van der Waals surface area contributed by atoms with Crippen molar-refractivity contribution in [2.75, 3.05) is 0 Å². The lowest BCUT2D eigenvalue weighted by molar-refractivity contribution is 0.435. The predicted molar refractivity (Wildman–Crippen MR) is 107 cm³/mol. The molecular formula is C23H18ClNO. The quantitative estimate of drug-likeness (QED) is 0.395. The molecule has 0 fully saturated rings. The molecule has 0 aliphatic carbocycles. The van der Waals surface area contributed by atoms with E-state index in [4.69, 9.17) is 16.1 Å². The summed E-state index contributed by atoms with van der Waals surface area (Å²) < 4.78 is 5.81. The van der Waals surface area contributed by atoms with Gasteiger partial charge in [-0.15, -0.1) is 0 Å². The fourth-order valence-corrected chi connectivity index (χ4v) is 3.11. The van der Waals surface area contributed by atoms with Gasteiger partial charge >= 0.3 is 0 Å². The first-order valence-corrected chi connectivity index (χ1v) is 8.89. The Morgan fingerprint density at radius 3 is 1.73 bits per heavy atom. The third kappa shape index (κ3) is 3.16. The van der Waals surface area contributed by atoms with Crippen LogP contribution < -0.4 is 0 Å². The van der Waals surface area contributed by atoms with Gasteiger partial charge in [-0.05, 0) is 31.5 Å². The molecular weight excluding hydrogens is 342 g/mol. The van der Waals surface area contributed by atoms with Crippen molar-refractivity contribution in [1.82, 2.24) is 5.16 Å². The van der Waals surface area contributed by atoms with Gasteiger partial charge in [0.1, 0.15) is 5.69 Å². The Morgan fingerprint density at radius 1 is 0.654 bits per heavy atom. The highest BCUT2D eigenvalue weighted by molar-refractivity contribution is 6.30. The van der Waals surface area contributed by atoms with Gasteiger partial charge in [0.15, 0.2) is 5.76 Å². The van der Waals surface area contributed by atoms with Crippen LogP contribution in [0.2, 0.25) is 5.02 Å². The summed E-state index contributed by atoms with van der Waals surface area (Å²) in [6, 6.07) is 24.4. The Morgan fingerprint density at radius 2 is 1.15 bits per heavy atom. The summed E-state index contributed by atoms with van der Waals surface area (Å²) in [4.78, 5) is 0. The molecule has 26 heavy (non-hydrogen) atoms. The topological polar surface area (TPSA) is 26.0 Å². The van der Waals surface area contributed by atoms with E-state index in [-0.39, 0.29) is 0 Å². The highest BCUT2D eigenvalue weighted by atomic mass is 35.5. The van der Waals surface area contributed by atoms with Crippen molar-refractivity contribution < 1.29 is 4.52 Å². The van der Waals surface area contributed by atoms with E-state index >= 15 is 0 Å². The summed E-state index contributed by atoms with van der Waals surface area (Å²) in [6.45, 7) is 4.16. The maximum absolute atomic E-state index is 6.05. The minimum atomic E-state index is 0.702. The number of hydrogen-bond donors (Lipinski definition) is 0. The summed E-state index contributed by atoms with van der Waals surface area (Å²) in [7, 11) is 0. The third-order valence-electron chi connectivity index (χ3n) is 4.46. The molecule has 0 radical (unpaired) electrons. The van der Waals surface area contributed by atoms with Crippen molar-refractivity contribution in [3.8, 4) is 33.7 Å². The zero-order valence-electron chi connectivity index (χ0n) is 14.7. The predicted octanol–water partition coefficient (Wildman–Crippen LogP) is 6.95. The molecule has 0 bridgehead atoms. The van der Waals surface area contributed by atoms with Crippen LogP contribution >= 0.6 is 11.6 Å². The number of rotatable bonds is 3. The number of aromatic nitrogens is 1. The molecule has 0 atom stereocenters. The summed E-state index contributed by atoms with van der Waals surface area (Å²) in [6.07, 6.45) is 0. The maximum atomic E-state index is 6.05. The van der Waals surface area contributed by atoms with Crippen LogP contribution in [-0.2, 0) is 0 Å². The molecule has 0 spiro atoms. The average molecular weight is 360 g/mol. The number of halogens is 1. The van der Waals surface area contributed by atoms with Crippen molar-refractivity contribution in [3.05, 3.63) is 88.9 Å². The first kappa shape index (κ1) is 16.6. The van der Waals surface area contributed by atoms with Crippen molar-refractivity contribution in [1.29, 1.82) is 0 Å². The molecule has 128 valence electrons. The SMILES string of the molecule is Cc1ccc(-c2onc(-c3ccc(Cl)cc3)c2-c2ccc(C)cc2)cc1. The Balaban J connectivity index is 1.93. The van der Waals surface area contributed by atoms with Gasteiger partial charge < -0.3 is 4.52 Å². The summed E-state index contributed by atoms with van der Waals surface area (Å²) >= 11 is 6.05. The standard InChI is InChI=1S/C23H18ClNO/c1-15-3-7-17(8-4-15)21-22(18-11-13-20(24)14-12-18)25-26-23(21)19-9-5-16(2)6-10-19/h3-14H,1-2H3. The Hall–Kier alpha value is -2.84. The fraction of sp³-hybridized carbons (Fsp3) is 0.0870. The van der Waals surface area contributed by atoms with E-state index in [0.717, 1.165) is 33.7 Å². The Kier molecular flexibility index (Phi) is 4.36. The van der Waals surface area contributed by atoms with Gasteiger partial charge in [-0.25, -0.2) is 0 Å². The molecule has 1 aromatic heterocycles. The van der Waals surface area contributed by atoms with Crippen LogP contribution in [0, 0.1) is 13.8 Å². The molecule has 2 nitrogen and oxygen atoms in total. The molecule has 0 aliphatic heterocycles. The van der Waals surface area contributed by atoms with Crippen LogP contribution in [0.5, 0.6) is 0 Å². The number of nitrogens with zero attached hydrogens (tertiary/aromatic N) is 1. The molecule has 0 saturated carbocycles. The molecule has 0 N–H and O–H groups in total. The Labute approximate surface area is 158 Å². The van der Waals surface area contributed by atoms with Crippen LogP contribution in [0.15, 0.2) is 77.3 Å². The third-order valence-corrected chi connectivity index (χ3v) is 4.72. The summed E-state index contributed by atoms with van der Waals surface area (Å²) in [5, 5.41) is 5.10. The van der Waals surface area contributed by atoms with Crippen LogP contribution in [-0.4, -0.2) is 5.16 Å². The highest BCUT2D eigenvalue weighted by Crippen LogP contribution is 2.40. The Bertz CT molecular complexity index is 966. The van der Waals surface area contributed by atoms with E-state index in [0.29, 0.717) is 5.02 Å². The van der Waals surface area contributed by atoms with Crippen molar-refractivity contribution in [2.24, 2.45) is 0 Å². The normalized spacial score (nSPS) is 10.9. The van der Waals surface area contributed by atoms with E-state index in [9.17, 15) is 0 Å². The second-order valence-electron chi connectivity index (χ2n) is 6.47. The second-order valence-corrected chi connectivity index (χ2v) is 6.91. The first-order chi connectivity index (χ1) is 12.6. The van der Waals surface area contributed by atoms with Crippen molar-refractivity contribution in [2.45, 2.75) is 13.8 Å². The van der Waals surface area contributed by atoms with Crippen LogP contribution in [0.4, 0.5) is 0 Å². The fourth-order valence-electron chi connectivity index (χ4n) is 2.98. The van der Waals surface area contributed by atoms with Crippen LogP contribution in [0.1, 0.15) is 11.1 Å². The first-order valence-electron chi connectivity index (χ1n) is 8.51. The van der Waals surface area contributed by atoms with Gasteiger partial charge in [0, 0.05) is 16.1 Å². The molecule has 4 aromatic rings. The zero-order valence-corrected chi connectivity index (χ0v) is 15.4. The van der Waals surface area contributed by atoms with E-state index < -0.39 is 0 Å². The zero-order chi connectivity index (χ0) is 18.1. The van der Waals surface area contributed by atoms with Gasteiger partial charge in [-0.1, -0.05) is 88.5 Å². The van der Waals surface area contributed by atoms with Gasteiger partial charge in [0.2, 0.25) is 0 Å². The maximum Gasteiger partial charge on any atom is 0.175 e. The molecule has 0 unspecified atom stereocenters. The lowest BCUT2D eigenvalue weighted by Crippen LogP contribution is -1.86. The molecule has 1 heterocycles. The minimum Gasteiger partial charge on any atom is -0.355 e. The molecule has 0 saturated heterocycles. The lowest BCUT2D eigenvalue weighted by atomic mass is 9.95. The highest BCUT2D eigenvalue weighted by Gasteiger charge is 2.20. The second kappa shape index (κ2) is 6.81. The van der Waals surface area contributed by atoms with Crippen molar-refractivity contribution >= 4 is 11.6 Å². The van der Waals surface area contributed by atoms with Gasteiger partial charge in [0.05, 0.1) is 5.56 Å². The monoisotopic (exact) mass is 359 g/mol. The molecule has 3 heteroatoms. The van der Waals surface area contributed by atoms with E-state index in [2.05, 4.69) is 67.5 Å². The van der Waals surface area contributed by atoms with E-state index in [1.54, 1.807) is 0 Å². The summed E-state index contributed by atoms with van der Waals surface area (Å²) in [5.74, 6) is 0.777. The van der Waals surface area contributed by atoms with E-state index in [1.807, 2.05) is 24.3 Å². The summed E-state index contributed by atoms with van der Waals surface area (Å²) in [5.41, 5.74) is 7.32. The smallest absolute Gasteiger partial charge is 0.175 e. The van der Waals surface area contributed by atoms with Gasteiger partial charge in [-0.2, -0.15) is 0 Å².